The minimum absolute atomic E-state index is 0.547. The number of carboxylic acids is 1. The van der Waals surface area contributed by atoms with Crippen LogP contribution in [0, 0.1) is 0 Å². The molecule has 0 bridgehead atoms. The number of carboxylic acid groups (broad SMARTS) is 1. The van der Waals surface area contributed by atoms with Gasteiger partial charge in [-0.2, -0.15) is 0 Å². The summed E-state index contributed by atoms with van der Waals surface area (Å²) in [6, 6.07) is 4.81. The molecule has 0 aliphatic rings. The molecule has 4 nitrogen and oxygen atoms in total. The van der Waals surface area contributed by atoms with E-state index in [9.17, 15) is 4.79 Å². The number of halogens is 1. The van der Waals surface area contributed by atoms with E-state index in [0.29, 0.717) is 5.75 Å². The van der Waals surface area contributed by atoms with Crippen LogP contribution in [0.15, 0.2) is 22.7 Å². The van der Waals surface area contributed by atoms with Gasteiger partial charge in [-0.1, -0.05) is 15.9 Å². The van der Waals surface area contributed by atoms with Crippen LogP contribution in [-0.2, 0) is 10.5 Å². The predicted molar refractivity (Wildman–Crippen MR) is 81.7 cm³/mol. The number of ether oxygens (including phenoxy) is 1. The van der Waals surface area contributed by atoms with Crippen molar-refractivity contribution in [2.75, 3.05) is 7.11 Å². The quantitative estimate of drug-likeness (QED) is 0.827. The summed E-state index contributed by atoms with van der Waals surface area (Å²) in [4.78, 5) is 11.0. The zero-order valence-electron chi connectivity index (χ0n) is 11.1. The normalized spacial score (nSPS) is 13.1. The Bertz CT molecular complexity index is 465. The molecule has 0 aromatic heterocycles. The number of aliphatic carboxylic acids is 1. The molecule has 0 heterocycles. The summed E-state index contributed by atoms with van der Waals surface area (Å²) >= 11 is 4.99. The summed E-state index contributed by atoms with van der Waals surface area (Å²) in [7, 11) is 1.62. The number of hydrogen-bond donors (Lipinski definition) is 2. The fourth-order valence-electron chi connectivity index (χ4n) is 1.44. The lowest BCUT2D eigenvalue weighted by Crippen LogP contribution is -2.46. The SMILES string of the molecule is COc1ccc(Br)c(CSC(C)(C)[C@@H](N)C(=O)O)c1. The Morgan fingerprint density at radius 2 is 2.21 bits per heavy atom. The van der Waals surface area contributed by atoms with Crippen LogP contribution in [0.3, 0.4) is 0 Å². The highest BCUT2D eigenvalue weighted by Gasteiger charge is 2.32. The van der Waals surface area contributed by atoms with E-state index in [4.69, 9.17) is 15.6 Å². The Hall–Kier alpha value is -0.720. The number of carbonyl (C=O) groups is 1. The van der Waals surface area contributed by atoms with Gasteiger partial charge in [0.05, 0.1) is 7.11 Å². The van der Waals surface area contributed by atoms with E-state index in [-0.39, 0.29) is 0 Å². The van der Waals surface area contributed by atoms with E-state index in [0.717, 1.165) is 15.8 Å². The molecule has 6 heteroatoms. The maximum atomic E-state index is 11.0. The molecular weight excluding hydrogens is 330 g/mol. The van der Waals surface area contributed by atoms with Crippen LogP contribution in [0.5, 0.6) is 5.75 Å². The molecular formula is C13H18BrNO3S. The van der Waals surface area contributed by atoms with Crippen LogP contribution in [0.2, 0.25) is 0 Å². The third kappa shape index (κ3) is 4.40. The third-order valence-electron chi connectivity index (χ3n) is 2.87. The molecule has 1 aromatic rings. The summed E-state index contributed by atoms with van der Waals surface area (Å²) in [6.07, 6.45) is 0. The molecule has 106 valence electrons. The monoisotopic (exact) mass is 347 g/mol. The third-order valence-corrected chi connectivity index (χ3v) is 5.09. The molecule has 1 rings (SSSR count). The van der Waals surface area contributed by atoms with E-state index in [2.05, 4.69) is 15.9 Å². The van der Waals surface area contributed by atoms with Crippen molar-refractivity contribution in [2.24, 2.45) is 5.73 Å². The minimum atomic E-state index is -0.984. The smallest absolute Gasteiger partial charge is 0.321 e. The Labute approximate surface area is 125 Å². The van der Waals surface area contributed by atoms with Gasteiger partial charge in [0, 0.05) is 15.0 Å². The molecule has 0 amide bonds. The van der Waals surface area contributed by atoms with Crippen LogP contribution < -0.4 is 10.5 Å². The van der Waals surface area contributed by atoms with Gasteiger partial charge in [-0.05, 0) is 37.6 Å². The van der Waals surface area contributed by atoms with E-state index >= 15 is 0 Å². The molecule has 0 aliphatic heterocycles. The topological polar surface area (TPSA) is 72.5 Å². The Morgan fingerprint density at radius 3 is 2.74 bits per heavy atom. The summed E-state index contributed by atoms with van der Waals surface area (Å²) < 4.78 is 5.60. The highest BCUT2D eigenvalue weighted by atomic mass is 79.9. The van der Waals surface area contributed by atoms with Gasteiger partial charge in [0.15, 0.2) is 0 Å². The maximum Gasteiger partial charge on any atom is 0.321 e. The van der Waals surface area contributed by atoms with Gasteiger partial charge < -0.3 is 15.6 Å². The van der Waals surface area contributed by atoms with E-state index in [1.807, 2.05) is 32.0 Å². The summed E-state index contributed by atoms with van der Waals surface area (Å²) in [5.74, 6) is 0.451. The zero-order valence-corrected chi connectivity index (χ0v) is 13.5. The molecule has 19 heavy (non-hydrogen) atoms. The van der Waals surface area contributed by atoms with Crippen molar-refractivity contribution in [3.8, 4) is 5.75 Å². The van der Waals surface area contributed by atoms with Gasteiger partial charge in [-0.15, -0.1) is 11.8 Å². The number of benzene rings is 1. The van der Waals surface area contributed by atoms with Crippen molar-refractivity contribution >= 4 is 33.7 Å². The van der Waals surface area contributed by atoms with Gasteiger partial charge in [-0.25, -0.2) is 0 Å². The van der Waals surface area contributed by atoms with Crippen molar-refractivity contribution < 1.29 is 14.6 Å². The van der Waals surface area contributed by atoms with Crippen molar-refractivity contribution in [1.82, 2.24) is 0 Å². The molecule has 0 aliphatic carbocycles. The lowest BCUT2D eigenvalue weighted by Gasteiger charge is -2.28. The van der Waals surface area contributed by atoms with E-state index < -0.39 is 16.8 Å². The maximum absolute atomic E-state index is 11.0. The van der Waals surface area contributed by atoms with Gasteiger partial charge in [0.25, 0.3) is 0 Å². The van der Waals surface area contributed by atoms with Crippen molar-refractivity contribution in [1.29, 1.82) is 0 Å². The van der Waals surface area contributed by atoms with Gasteiger partial charge in [0.2, 0.25) is 0 Å². The first kappa shape index (κ1) is 16.3. The van der Waals surface area contributed by atoms with Crippen molar-refractivity contribution in [3.05, 3.63) is 28.2 Å². The van der Waals surface area contributed by atoms with Gasteiger partial charge in [0.1, 0.15) is 11.8 Å². The minimum Gasteiger partial charge on any atom is -0.497 e. The number of nitrogens with two attached hydrogens (primary N) is 1. The Morgan fingerprint density at radius 1 is 1.58 bits per heavy atom. The number of thioether (sulfide) groups is 1. The first-order valence-corrected chi connectivity index (χ1v) is 7.50. The largest absolute Gasteiger partial charge is 0.497 e. The molecule has 0 radical (unpaired) electrons. The predicted octanol–water partition coefficient (Wildman–Crippen LogP) is 2.88. The highest BCUT2D eigenvalue weighted by Crippen LogP contribution is 2.34. The van der Waals surface area contributed by atoms with Crippen LogP contribution in [0.1, 0.15) is 19.4 Å². The first-order chi connectivity index (χ1) is 8.77. The molecule has 0 saturated heterocycles. The van der Waals surface area contributed by atoms with Gasteiger partial charge >= 0.3 is 5.97 Å². The molecule has 1 aromatic carbocycles. The van der Waals surface area contributed by atoms with Crippen LogP contribution in [0.4, 0.5) is 0 Å². The second-order valence-corrected chi connectivity index (χ2v) is 7.15. The lowest BCUT2D eigenvalue weighted by atomic mass is 10.1. The van der Waals surface area contributed by atoms with Gasteiger partial charge in [-0.3, -0.25) is 4.79 Å². The van der Waals surface area contributed by atoms with Crippen molar-refractivity contribution in [3.63, 3.8) is 0 Å². The molecule has 0 fully saturated rings. The second kappa shape index (κ2) is 6.63. The first-order valence-electron chi connectivity index (χ1n) is 5.72. The van der Waals surface area contributed by atoms with Crippen molar-refractivity contribution in [2.45, 2.75) is 30.4 Å². The standard InChI is InChI=1S/C13H18BrNO3S/c1-13(2,11(15)12(16)17)19-7-8-6-9(18-3)4-5-10(8)14/h4-6,11H,7,15H2,1-3H3,(H,16,17)/t11-/m0/s1. The fraction of sp³-hybridized carbons (Fsp3) is 0.462. The Balaban J connectivity index is 2.78. The summed E-state index contributed by atoms with van der Waals surface area (Å²) in [6.45, 7) is 3.68. The second-order valence-electron chi connectivity index (χ2n) is 4.67. The Kier molecular flexibility index (Phi) is 5.70. The number of rotatable bonds is 6. The summed E-state index contributed by atoms with van der Waals surface area (Å²) in [5.41, 5.74) is 6.75. The van der Waals surface area contributed by atoms with Crippen LogP contribution in [0.25, 0.3) is 0 Å². The highest BCUT2D eigenvalue weighted by molar-refractivity contribution is 9.10. The van der Waals surface area contributed by atoms with E-state index in [1.165, 1.54) is 11.8 Å². The molecule has 0 spiro atoms. The van der Waals surface area contributed by atoms with Crippen LogP contribution >= 0.6 is 27.7 Å². The fourth-order valence-corrected chi connectivity index (χ4v) is 3.06. The zero-order chi connectivity index (χ0) is 14.6. The van der Waals surface area contributed by atoms with Crippen LogP contribution in [-0.4, -0.2) is 29.0 Å². The molecule has 0 unspecified atom stereocenters. The molecule has 1 atom stereocenters. The summed E-state index contributed by atoms with van der Waals surface area (Å²) in [5, 5.41) is 8.98. The number of methoxy groups -OCH3 is 1. The number of hydrogen-bond acceptors (Lipinski definition) is 4. The average Bonchev–Trinajstić information content (AvgIpc) is 2.36. The lowest BCUT2D eigenvalue weighted by molar-refractivity contribution is -0.139. The van der Waals surface area contributed by atoms with E-state index in [1.54, 1.807) is 7.11 Å². The average molecular weight is 348 g/mol. The molecule has 3 N–H and O–H groups in total. The molecule has 0 saturated carbocycles.